The van der Waals surface area contributed by atoms with Gasteiger partial charge in [-0.3, -0.25) is 14.3 Å². The lowest BCUT2D eigenvalue weighted by atomic mass is 10.1. The Morgan fingerprint density at radius 2 is 2.14 bits per heavy atom. The first-order chi connectivity index (χ1) is 13.5. The van der Waals surface area contributed by atoms with Gasteiger partial charge in [-0.15, -0.1) is 0 Å². The lowest BCUT2D eigenvalue weighted by Gasteiger charge is -2.34. The Hall–Kier alpha value is -3.26. The number of aromatic nitrogens is 3. The van der Waals surface area contributed by atoms with E-state index in [9.17, 15) is 9.18 Å². The maximum atomic E-state index is 14.1. The second-order valence-corrected chi connectivity index (χ2v) is 6.67. The molecule has 1 aromatic carbocycles. The summed E-state index contributed by atoms with van der Waals surface area (Å²) in [6.07, 6.45) is 2.39. The number of hydrogen-bond acceptors (Lipinski definition) is 6. The van der Waals surface area contributed by atoms with E-state index in [1.165, 1.54) is 22.9 Å². The normalized spacial score (nSPS) is 16.9. The highest BCUT2D eigenvalue weighted by Crippen LogP contribution is 2.27. The molecule has 0 radical (unpaired) electrons. The molecule has 2 N–H and O–H groups in total. The van der Waals surface area contributed by atoms with Crippen molar-refractivity contribution in [3.05, 3.63) is 70.5 Å². The number of halogens is 1. The van der Waals surface area contributed by atoms with Gasteiger partial charge in [-0.05, 0) is 23.8 Å². The van der Waals surface area contributed by atoms with E-state index in [2.05, 4.69) is 9.97 Å². The van der Waals surface area contributed by atoms with Gasteiger partial charge in [0.25, 0.3) is 5.56 Å². The first-order valence-electron chi connectivity index (χ1n) is 8.93. The highest BCUT2D eigenvalue weighted by molar-refractivity contribution is 5.60. The molecule has 0 unspecified atom stereocenters. The maximum Gasteiger partial charge on any atom is 0.255 e. The van der Waals surface area contributed by atoms with Crippen molar-refractivity contribution in [2.45, 2.75) is 6.10 Å². The number of nitrogen functional groups attached to an aromatic ring is 1. The predicted molar refractivity (Wildman–Crippen MR) is 104 cm³/mol. The lowest BCUT2D eigenvalue weighted by Crippen LogP contribution is -2.41. The highest BCUT2D eigenvalue weighted by Gasteiger charge is 2.25. The van der Waals surface area contributed by atoms with E-state index < -0.39 is 5.82 Å². The van der Waals surface area contributed by atoms with Gasteiger partial charge in [0.05, 0.1) is 25.0 Å². The minimum absolute atomic E-state index is 0.199. The number of ether oxygens (including phenoxy) is 1. The van der Waals surface area contributed by atoms with Gasteiger partial charge in [-0.2, -0.15) is 0 Å². The van der Waals surface area contributed by atoms with Gasteiger partial charge in [-0.25, -0.2) is 9.37 Å². The number of nitrogens with zero attached hydrogens (tertiary/aromatic N) is 4. The van der Waals surface area contributed by atoms with Crippen molar-refractivity contribution in [2.75, 3.05) is 30.3 Å². The van der Waals surface area contributed by atoms with E-state index >= 15 is 0 Å². The van der Waals surface area contributed by atoms with Crippen LogP contribution in [0.2, 0.25) is 0 Å². The number of anilines is 2. The van der Waals surface area contributed by atoms with Crippen LogP contribution in [0.1, 0.15) is 11.7 Å². The molecule has 0 bridgehead atoms. The van der Waals surface area contributed by atoms with Crippen molar-refractivity contribution in [1.29, 1.82) is 0 Å². The third-order valence-electron chi connectivity index (χ3n) is 4.79. The molecule has 2 aromatic heterocycles. The van der Waals surface area contributed by atoms with Crippen molar-refractivity contribution in [1.82, 2.24) is 14.5 Å². The quantitative estimate of drug-likeness (QED) is 0.700. The van der Waals surface area contributed by atoms with Gasteiger partial charge in [0.2, 0.25) is 5.95 Å². The summed E-state index contributed by atoms with van der Waals surface area (Å²) in [7, 11) is 1.66. The standard InChI is InChI=1S/C20H20FN5O2/c1-25-19(27)10-17(15-5-6-23-11-16(15)21)24-20(25)26-7-8-28-18(12-26)13-3-2-4-14(22)9-13/h2-6,9-11,18H,7-8,12,22H2,1H3/t18-/m1/s1. The van der Waals surface area contributed by atoms with Crippen LogP contribution in [-0.2, 0) is 11.8 Å². The molecule has 8 heteroatoms. The number of pyridine rings is 1. The smallest absolute Gasteiger partial charge is 0.255 e. The van der Waals surface area contributed by atoms with Crippen LogP contribution in [0.4, 0.5) is 16.0 Å². The molecule has 3 heterocycles. The zero-order valence-electron chi connectivity index (χ0n) is 15.4. The average Bonchev–Trinajstić information content (AvgIpc) is 2.70. The van der Waals surface area contributed by atoms with E-state index in [1.54, 1.807) is 7.05 Å². The first kappa shape index (κ1) is 18.1. The summed E-state index contributed by atoms with van der Waals surface area (Å²) in [6.45, 7) is 1.55. The highest BCUT2D eigenvalue weighted by atomic mass is 19.1. The van der Waals surface area contributed by atoms with Crippen LogP contribution in [0.25, 0.3) is 11.3 Å². The molecule has 7 nitrogen and oxygen atoms in total. The molecule has 0 saturated carbocycles. The van der Waals surface area contributed by atoms with Crippen molar-refractivity contribution in [3.8, 4) is 11.3 Å². The van der Waals surface area contributed by atoms with Crippen molar-refractivity contribution >= 4 is 11.6 Å². The fourth-order valence-corrected chi connectivity index (χ4v) is 3.32. The minimum Gasteiger partial charge on any atom is -0.399 e. The van der Waals surface area contributed by atoms with Crippen LogP contribution < -0.4 is 16.2 Å². The molecule has 1 aliphatic rings. The van der Waals surface area contributed by atoms with Crippen LogP contribution in [0.3, 0.4) is 0 Å². The Labute approximate surface area is 161 Å². The molecule has 1 saturated heterocycles. The van der Waals surface area contributed by atoms with E-state index in [4.69, 9.17) is 10.5 Å². The van der Waals surface area contributed by atoms with Crippen LogP contribution in [0, 0.1) is 5.82 Å². The molecule has 3 aromatic rings. The Morgan fingerprint density at radius 1 is 1.29 bits per heavy atom. The van der Waals surface area contributed by atoms with Gasteiger partial charge in [-0.1, -0.05) is 12.1 Å². The van der Waals surface area contributed by atoms with Gasteiger partial charge in [0, 0.05) is 37.1 Å². The summed E-state index contributed by atoms with van der Waals surface area (Å²) in [5, 5.41) is 0. The lowest BCUT2D eigenvalue weighted by molar-refractivity contribution is 0.0390. The van der Waals surface area contributed by atoms with Crippen molar-refractivity contribution in [2.24, 2.45) is 7.05 Å². The summed E-state index contributed by atoms with van der Waals surface area (Å²) in [4.78, 5) is 22.8. The molecule has 144 valence electrons. The van der Waals surface area contributed by atoms with Crippen molar-refractivity contribution < 1.29 is 9.13 Å². The SMILES string of the molecule is Cn1c(N2CCO[C@@H](c3cccc(N)c3)C2)nc(-c2ccncc2F)cc1=O. The Morgan fingerprint density at radius 3 is 2.93 bits per heavy atom. The van der Waals surface area contributed by atoms with Crippen LogP contribution >= 0.6 is 0 Å². The summed E-state index contributed by atoms with van der Waals surface area (Å²) in [6, 6.07) is 10.4. The number of hydrogen-bond donors (Lipinski definition) is 1. The third-order valence-corrected chi connectivity index (χ3v) is 4.79. The van der Waals surface area contributed by atoms with Gasteiger partial charge < -0.3 is 15.4 Å². The largest absolute Gasteiger partial charge is 0.399 e. The predicted octanol–water partition coefficient (Wildman–Crippen LogP) is 2.14. The third kappa shape index (κ3) is 3.46. The molecule has 1 atom stereocenters. The summed E-state index contributed by atoms with van der Waals surface area (Å²) >= 11 is 0. The van der Waals surface area contributed by atoms with Crippen molar-refractivity contribution in [3.63, 3.8) is 0 Å². The fraction of sp³-hybridized carbons (Fsp3) is 0.250. The second-order valence-electron chi connectivity index (χ2n) is 6.67. The Bertz CT molecular complexity index is 1070. The number of benzene rings is 1. The zero-order valence-corrected chi connectivity index (χ0v) is 15.4. The van der Waals surface area contributed by atoms with Gasteiger partial charge >= 0.3 is 0 Å². The minimum atomic E-state index is -0.520. The number of rotatable bonds is 3. The molecule has 0 aliphatic carbocycles. The van der Waals surface area contributed by atoms with Crippen LogP contribution in [-0.4, -0.2) is 34.2 Å². The average molecular weight is 381 g/mol. The van der Waals surface area contributed by atoms with Gasteiger partial charge in [0.15, 0.2) is 5.82 Å². The van der Waals surface area contributed by atoms with Crippen LogP contribution in [0.15, 0.2) is 53.6 Å². The van der Waals surface area contributed by atoms with Crippen LogP contribution in [0.5, 0.6) is 0 Å². The topological polar surface area (TPSA) is 86.3 Å². The first-order valence-corrected chi connectivity index (χ1v) is 8.93. The Kier molecular flexibility index (Phi) is 4.79. The molecule has 0 amide bonds. The number of nitrogens with two attached hydrogens (primary N) is 1. The van der Waals surface area contributed by atoms with Gasteiger partial charge in [0.1, 0.15) is 6.10 Å². The second kappa shape index (κ2) is 7.40. The summed E-state index contributed by atoms with van der Waals surface area (Å²) < 4.78 is 21.5. The molecule has 28 heavy (non-hydrogen) atoms. The fourth-order valence-electron chi connectivity index (χ4n) is 3.32. The summed E-state index contributed by atoms with van der Waals surface area (Å²) in [5.41, 5.74) is 7.78. The molecular weight excluding hydrogens is 361 g/mol. The Balaban J connectivity index is 1.70. The molecule has 1 fully saturated rings. The summed E-state index contributed by atoms with van der Waals surface area (Å²) in [5.74, 6) is -0.0512. The van der Waals surface area contributed by atoms with E-state index in [0.29, 0.717) is 31.3 Å². The maximum absolute atomic E-state index is 14.1. The number of morpholine rings is 1. The van der Waals surface area contributed by atoms with E-state index in [1.807, 2.05) is 29.2 Å². The molecular formula is C20H20FN5O2. The van der Waals surface area contributed by atoms with E-state index in [-0.39, 0.29) is 22.9 Å². The molecule has 1 aliphatic heterocycles. The van der Waals surface area contributed by atoms with E-state index in [0.717, 1.165) is 11.8 Å². The zero-order chi connectivity index (χ0) is 19.7. The monoisotopic (exact) mass is 381 g/mol. The molecule has 4 rings (SSSR count). The molecule has 0 spiro atoms.